The van der Waals surface area contributed by atoms with Crippen molar-refractivity contribution in [3.05, 3.63) is 35.4 Å². The van der Waals surface area contributed by atoms with Gasteiger partial charge >= 0.3 is 0 Å². The van der Waals surface area contributed by atoms with Crippen molar-refractivity contribution in [3.8, 4) is 0 Å². The lowest BCUT2D eigenvalue weighted by Crippen LogP contribution is -2.25. The van der Waals surface area contributed by atoms with Crippen molar-refractivity contribution in [1.29, 1.82) is 0 Å². The van der Waals surface area contributed by atoms with Gasteiger partial charge in [0.1, 0.15) is 6.17 Å². The first kappa shape index (κ1) is 8.00. The fourth-order valence-corrected chi connectivity index (χ4v) is 2.36. The molecule has 0 aromatic heterocycles. The molecular formula is C11H12N2O. The number of carbonyl (C=O) groups is 1. The van der Waals surface area contributed by atoms with Gasteiger partial charge in [0.15, 0.2) is 0 Å². The topological polar surface area (TPSA) is 32.3 Å². The van der Waals surface area contributed by atoms with Crippen molar-refractivity contribution < 1.29 is 4.79 Å². The summed E-state index contributed by atoms with van der Waals surface area (Å²) < 4.78 is 0. The van der Waals surface area contributed by atoms with E-state index in [2.05, 4.69) is 12.2 Å². The van der Waals surface area contributed by atoms with Gasteiger partial charge in [0, 0.05) is 23.7 Å². The van der Waals surface area contributed by atoms with Gasteiger partial charge in [-0.3, -0.25) is 10.1 Å². The molecule has 1 amide bonds. The lowest BCUT2D eigenvalue weighted by atomic mass is 10.1. The average Bonchev–Trinajstić information content (AvgIpc) is 2.68. The van der Waals surface area contributed by atoms with E-state index in [1.165, 1.54) is 0 Å². The van der Waals surface area contributed by atoms with E-state index in [0.717, 1.165) is 17.7 Å². The molecule has 14 heavy (non-hydrogen) atoms. The molecule has 1 saturated heterocycles. The molecular weight excluding hydrogens is 176 g/mol. The fourth-order valence-electron chi connectivity index (χ4n) is 2.36. The Labute approximate surface area is 82.7 Å². The maximum absolute atomic E-state index is 11.9. The lowest BCUT2D eigenvalue weighted by Gasteiger charge is -2.13. The van der Waals surface area contributed by atoms with Gasteiger partial charge in [-0.25, -0.2) is 0 Å². The first-order chi connectivity index (χ1) is 6.77. The fraction of sp³-hybridized carbons (Fsp3) is 0.364. The lowest BCUT2D eigenvalue weighted by molar-refractivity contribution is 0.0769. The van der Waals surface area contributed by atoms with Crippen LogP contribution >= 0.6 is 0 Å². The summed E-state index contributed by atoms with van der Waals surface area (Å²) in [6, 6.07) is 8.24. The van der Waals surface area contributed by atoms with Crippen molar-refractivity contribution in [2.45, 2.75) is 19.1 Å². The minimum Gasteiger partial charge on any atom is -0.317 e. The van der Waals surface area contributed by atoms with Crippen LogP contribution in [0, 0.1) is 0 Å². The average molecular weight is 188 g/mol. The molecule has 1 aromatic rings. The van der Waals surface area contributed by atoms with Crippen LogP contribution in [-0.2, 0) is 0 Å². The van der Waals surface area contributed by atoms with Crippen LogP contribution in [0.5, 0.6) is 0 Å². The van der Waals surface area contributed by atoms with E-state index >= 15 is 0 Å². The summed E-state index contributed by atoms with van der Waals surface area (Å²) in [6.07, 6.45) is 0.119. The largest absolute Gasteiger partial charge is 0.317 e. The molecule has 2 aliphatic rings. The van der Waals surface area contributed by atoms with Crippen LogP contribution in [0.15, 0.2) is 24.3 Å². The Morgan fingerprint density at radius 1 is 1.43 bits per heavy atom. The second-order valence-corrected chi connectivity index (χ2v) is 4.02. The molecule has 1 aromatic carbocycles. The predicted molar refractivity (Wildman–Crippen MR) is 52.8 cm³/mol. The minimum atomic E-state index is 0.119. The van der Waals surface area contributed by atoms with Crippen molar-refractivity contribution in [3.63, 3.8) is 0 Å². The summed E-state index contributed by atoms with van der Waals surface area (Å²) in [5, 5.41) is 3.41. The number of amides is 1. The predicted octanol–water partition coefficient (Wildman–Crippen LogP) is 1.13. The molecule has 2 heterocycles. The molecule has 2 atom stereocenters. The third-order valence-corrected chi connectivity index (χ3v) is 2.97. The molecule has 0 saturated carbocycles. The number of carbonyl (C=O) groups excluding carboxylic acids is 1. The number of hydrogen-bond donors (Lipinski definition) is 1. The summed E-state index contributed by atoms with van der Waals surface area (Å²) in [6.45, 7) is 2.92. The summed E-state index contributed by atoms with van der Waals surface area (Å²) in [7, 11) is 0. The Kier molecular flexibility index (Phi) is 1.47. The molecule has 1 fully saturated rings. The third kappa shape index (κ3) is 0.876. The second-order valence-electron chi connectivity index (χ2n) is 4.02. The number of nitrogens with zero attached hydrogens (tertiary/aromatic N) is 1. The van der Waals surface area contributed by atoms with Crippen LogP contribution in [0.3, 0.4) is 0 Å². The van der Waals surface area contributed by atoms with Crippen LogP contribution in [0.1, 0.15) is 29.0 Å². The van der Waals surface area contributed by atoms with Crippen molar-refractivity contribution in [1.82, 2.24) is 10.2 Å². The highest BCUT2D eigenvalue weighted by Crippen LogP contribution is 2.34. The summed E-state index contributed by atoms with van der Waals surface area (Å²) in [5.74, 6) is 0.169. The first-order valence-electron chi connectivity index (χ1n) is 4.93. The maximum atomic E-state index is 11.9. The molecule has 2 aliphatic heterocycles. The highest BCUT2D eigenvalue weighted by Gasteiger charge is 2.41. The summed E-state index contributed by atoms with van der Waals surface area (Å²) >= 11 is 0. The molecule has 0 aliphatic carbocycles. The number of rotatable bonds is 0. The summed E-state index contributed by atoms with van der Waals surface area (Å²) in [4.78, 5) is 13.8. The van der Waals surface area contributed by atoms with Crippen LogP contribution in [0.2, 0.25) is 0 Å². The van der Waals surface area contributed by atoms with Gasteiger partial charge in [0.2, 0.25) is 0 Å². The normalized spacial score (nSPS) is 29.2. The summed E-state index contributed by atoms with van der Waals surface area (Å²) in [5.41, 5.74) is 1.98. The zero-order valence-electron chi connectivity index (χ0n) is 8.03. The quantitative estimate of drug-likeness (QED) is 0.662. The van der Waals surface area contributed by atoms with Crippen molar-refractivity contribution >= 4 is 5.91 Å². The highest BCUT2D eigenvalue weighted by molar-refractivity contribution is 5.99. The van der Waals surface area contributed by atoms with Gasteiger partial charge in [-0.05, 0) is 13.0 Å². The number of fused-ring (bicyclic) bond motifs is 3. The zero-order chi connectivity index (χ0) is 9.71. The van der Waals surface area contributed by atoms with E-state index in [4.69, 9.17) is 0 Å². The van der Waals surface area contributed by atoms with Crippen LogP contribution in [0.4, 0.5) is 0 Å². The smallest absolute Gasteiger partial charge is 0.255 e. The van der Waals surface area contributed by atoms with Crippen LogP contribution in [-0.4, -0.2) is 23.4 Å². The molecule has 0 radical (unpaired) electrons. The molecule has 3 nitrogen and oxygen atoms in total. The molecule has 3 heteroatoms. The van der Waals surface area contributed by atoms with E-state index in [-0.39, 0.29) is 12.1 Å². The Hall–Kier alpha value is -1.35. The van der Waals surface area contributed by atoms with E-state index < -0.39 is 0 Å². The van der Waals surface area contributed by atoms with E-state index in [0.29, 0.717) is 6.04 Å². The second kappa shape index (κ2) is 2.58. The van der Waals surface area contributed by atoms with Gasteiger partial charge in [0.25, 0.3) is 5.91 Å². The monoisotopic (exact) mass is 188 g/mol. The molecule has 3 rings (SSSR count). The molecule has 0 bridgehead atoms. The van der Waals surface area contributed by atoms with Gasteiger partial charge in [-0.15, -0.1) is 0 Å². The molecule has 1 N–H and O–H groups in total. The molecule has 0 spiro atoms. The minimum absolute atomic E-state index is 0.119. The first-order valence-corrected chi connectivity index (χ1v) is 4.93. The van der Waals surface area contributed by atoms with E-state index in [1.807, 2.05) is 29.2 Å². The number of hydrogen-bond acceptors (Lipinski definition) is 2. The Balaban J connectivity index is 2.12. The Morgan fingerprint density at radius 2 is 2.21 bits per heavy atom. The zero-order valence-corrected chi connectivity index (χ0v) is 8.03. The number of nitrogens with one attached hydrogen (secondary N) is 1. The number of benzene rings is 1. The van der Waals surface area contributed by atoms with Crippen LogP contribution < -0.4 is 5.32 Å². The standard InChI is InChI=1S/C11H12N2O/c1-7-6-13-10(12-7)8-4-2-3-5-9(8)11(13)14/h2-5,7,10,12H,6H2,1H3. The Bertz CT molecular complexity index is 402. The molecule has 72 valence electrons. The van der Waals surface area contributed by atoms with E-state index in [1.54, 1.807) is 0 Å². The maximum Gasteiger partial charge on any atom is 0.255 e. The van der Waals surface area contributed by atoms with Gasteiger partial charge < -0.3 is 4.90 Å². The third-order valence-electron chi connectivity index (χ3n) is 2.97. The van der Waals surface area contributed by atoms with Gasteiger partial charge in [-0.2, -0.15) is 0 Å². The molecule has 2 unspecified atom stereocenters. The van der Waals surface area contributed by atoms with Gasteiger partial charge in [0.05, 0.1) is 0 Å². The van der Waals surface area contributed by atoms with Crippen molar-refractivity contribution in [2.75, 3.05) is 6.54 Å². The SMILES string of the molecule is CC1CN2C(=O)c3ccccc3C2N1. The van der Waals surface area contributed by atoms with E-state index in [9.17, 15) is 4.79 Å². The van der Waals surface area contributed by atoms with Crippen LogP contribution in [0.25, 0.3) is 0 Å². The Morgan fingerprint density at radius 3 is 3.07 bits per heavy atom. The highest BCUT2D eigenvalue weighted by atomic mass is 16.2. The van der Waals surface area contributed by atoms with Gasteiger partial charge in [-0.1, -0.05) is 18.2 Å². The van der Waals surface area contributed by atoms with Crippen molar-refractivity contribution in [2.24, 2.45) is 0 Å².